The maximum Gasteiger partial charge on any atom is 0.273 e. The van der Waals surface area contributed by atoms with Crippen LogP contribution in [0.5, 0.6) is 0 Å². The van der Waals surface area contributed by atoms with Crippen molar-refractivity contribution >= 4 is 28.4 Å². The quantitative estimate of drug-likeness (QED) is 0.467. The van der Waals surface area contributed by atoms with E-state index in [1.54, 1.807) is 24.3 Å². The number of aliphatic hydroxyl groups is 1. The number of fused-ring (bicyclic) bond motifs is 1. The fourth-order valence-electron chi connectivity index (χ4n) is 3.04. The highest BCUT2D eigenvalue weighted by molar-refractivity contribution is 6.30. The maximum atomic E-state index is 12.5. The van der Waals surface area contributed by atoms with Crippen LogP contribution < -0.4 is 5.32 Å². The Kier molecular flexibility index (Phi) is 5.10. The standard InChI is InChI=1S/C20H18ClN5O2/c21-14-5-7-15(8-6-14)26-24-18(12-27)19(25-26)20(28)22-10-9-13-11-23-17-4-2-1-3-16(13)17/h1-8,11,23,27H,9-10,12H2,(H,22,28). The minimum atomic E-state index is -0.376. The molecule has 0 aliphatic carbocycles. The van der Waals surface area contributed by atoms with Crippen molar-refractivity contribution < 1.29 is 9.90 Å². The summed E-state index contributed by atoms with van der Waals surface area (Å²) in [4.78, 5) is 17.1. The first-order valence-electron chi connectivity index (χ1n) is 8.82. The number of nitrogens with zero attached hydrogens (tertiary/aromatic N) is 3. The highest BCUT2D eigenvalue weighted by atomic mass is 35.5. The van der Waals surface area contributed by atoms with Gasteiger partial charge in [-0.1, -0.05) is 29.8 Å². The highest BCUT2D eigenvalue weighted by Gasteiger charge is 2.18. The van der Waals surface area contributed by atoms with Gasteiger partial charge in [0.05, 0.1) is 12.3 Å². The Morgan fingerprint density at radius 3 is 2.71 bits per heavy atom. The maximum absolute atomic E-state index is 12.5. The van der Waals surface area contributed by atoms with Crippen molar-refractivity contribution in [3.05, 3.63) is 76.7 Å². The predicted molar refractivity (Wildman–Crippen MR) is 107 cm³/mol. The third-order valence-corrected chi connectivity index (χ3v) is 4.71. The van der Waals surface area contributed by atoms with Crippen LogP contribution in [-0.2, 0) is 13.0 Å². The van der Waals surface area contributed by atoms with Crippen LogP contribution in [0.1, 0.15) is 21.7 Å². The van der Waals surface area contributed by atoms with Gasteiger partial charge in [-0.2, -0.15) is 4.80 Å². The van der Waals surface area contributed by atoms with Crippen LogP contribution in [0.15, 0.2) is 54.7 Å². The lowest BCUT2D eigenvalue weighted by atomic mass is 10.1. The molecule has 2 aromatic heterocycles. The van der Waals surface area contributed by atoms with E-state index < -0.39 is 0 Å². The Labute approximate surface area is 166 Å². The van der Waals surface area contributed by atoms with Crippen molar-refractivity contribution in [1.82, 2.24) is 25.3 Å². The zero-order valence-electron chi connectivity index (χ0n) is 14.9. The number of halogens is 1. The number of nitrogens with one attached hydrogen (secondary N) is 2. The molecule has 0 spiro atoms. The lowest BCUT2D eigenvalue weighted by Gasteiger charge is -2.03. The first-order valence-corrected chi connectivity index (χ1v) is 9.19. The number of aliphatic hydroxyl groups excluding tert-OH is 1. The topological polar surface area (TPSA) is 95.8 Å². The van der Waals surface area contributed by atoms with Crippen LogP contribution in [-0.4, -0.2) is 37.5 Å². The van der Waals surface area contributed by atoms with Crippen LogP contribution in [0.4, 0.5) is 0 Å². The normalized spacial score (nSPS) is 11.1. The molecule has 28 heavy (non-hydrogen) atoms. The number of aromatic amines is 1. The molecule has 8 heteroatoms. The molecule has 7 nitrogen and oxygen atoms in total. The van der Waals surface area contributed by atoms with Gasteiger partial charge in [-0.15, -0.1) is 10.2 Å². The van der Waals surface area contributed by atoms with E-state index in [9.17, 15) is 9.90 Å². The molecule has 1 amide bonds. The van der Waals surface area contributed by atoms with Gasteiger partial charge in [0.1, 0.15) is 5.69 Å². The molecule has 0 saturated heterocycles. The number of carbonyl (C=O) groups is 1. The molecule has 0 bridgehead atoms. The van der Waals surface area contributed by atoms with Gasteiger partial charge in [0, 0.05) is 28.7 Å². The first kappa shape index (κ1) is 18.2. The second-order valence-corrected chi connectivity index (χ2v) is 6.72. The molecule has 142 valence electrons. The molecule has 0 fully saturated rings. The summed E-state index contributed by atoms with van der Waals surface area (Å²) < 4.78 is 0. The second kappa shape index (κ2) is 7.84. The average molecular weight is 396 g/mol. The van der Waals surface area contributed by atoms with Crippen molar-refractivity contribution in [1.29, 1.82) is 0 Å². The number of carbonyl (C=O) groups excluding carboxylic acids is 1. The summed E-state index contributed by atoms with van der Waals surface area (Å²) >= 11 is 5.89. The van der Waals surface area contributed by atoms with Crippen molar-refractivity contribution in [2.24, 2.45) is 0 Å². The number of aromatic nitrogens is 4. The summed E-state index contributed by atoms with van der Waals surface area (Å²) in [5, 5.41) is 22.6. The fourth-order valence-corrected chi connectivity index (χ4v) is 3.17. The second-order valence-electron chi connectivity index (χ2n) is 6.28. The Bertz CT molecular complexity index is 1120. The molecule has 0 radical (unpaired) electrons. The number of rotatable bonds is 6. The molecule has 4 rings (SSSR count). The molecule has 0 atom stereocenters. The summed E-state index contributed by atoms with van der Waals surface area (Å²) in [6.45, 7) is 0.0676. The minimum absolute atomic E-state index is 0.108. The highest BCUT2D eigenvalue weighted by Crippen LogP contribution is 2.18. The number of benzene rings is 2. The van der Waals surface area contributed by atoms with Crippen LogP contribution in [0.2, 0.25) is 5.02 Å². The Hall–Kier alpha value is -3.16. The number of amides is 1. The zero-order chi connectivity index (χ0) is 19.5. The van der Waals surface area contributed by atoms with E-state index in [1.165, 1.54) is 4.80 Å². The van der Waals surface area contributed by atoms with Crippen LogP contribution in [0, 0.1) is 0 Å². The summed E-state index contributed by atoms with van der Waals surface area (Å²) in [5.74, 6) is -0.371. The number of para-hydroxylation sites is 1. The molecule has 4 aromatic rings. The summed E-state index contributed by atoms with van der Waals surface area (Å²) in [6, 6.07) is 14.9. The summed E-state index contributed by atoms with van der Waals surface area (Å²) in [5.41, 5.74) is 3.17. The first-order chi connectivity index (χ1) is 13.7. The molecule has 2 heterocycles. The lowest BCUT2D eigenvalue weighted by Crippen LogP contribution is -2.27. The van der Waals surface area contributed by atoms with E-state index in [0.29, 0.717) is 23.7 Å². The van der Waals surface area contributed by atoms with E-state index >= 15 is 0 Å². The molecule has 0 unspecified atom stereocenters. The Morgan fingerprint density at radius 2 is 1.93 bits per heavy atom. The van der Waals surface area contributed by atoms with Gasteiger partial charge in [0.15, 0.2) is 5.69 Å². The van der Waals surface area contributed by atoms with E-state index in [-0.39, 0.29) is 23.9 Å². The van der Waals surface area contributed by atoms with E-state index in [2.05, 4.69) is 20.5 Å². The van der Waals surface area contributed by atoms with Gasteiger partial charge in [0.25, 0.3) is 5.91 Å². The van der Waals surface area contributed by atoms with E-state index in [1.807, 2.05) is 30.5 Å². The van der Waals surface area contributed by atoms with Crippen LogP contribution in [0.25, 0.3) is 16.6 Å². The minimum Gasteiger partial charge on any atom is -0.390 e. The largest absolute Gasteiger partial charge is 0.390 e. The number of hydrogen-bond acceptors (Lipinski definition) is 4. The predicted octanol–water partition coefficient (Wildman–Crippen LogP) is 2.87. The molecule has 0 aliphatic heterocycles. The van der Waals surface area contributed by atoms with Crippen LogP contribution in [0.3, 0.4) is 0 Å². The van der Waals surface area contributed by atoms with E-state index in [0.717, 1.165) is 16.5 Å². The van der Waals surface area contributed by atoms with Gasteiger partial charge < -0.3 is 15.4 Å². The van der Waals surface area contributed by atoms with Gasteiger partial charge >= 0.3 is 0 Å². The lowest BCUT2D eigenvalue weighted by molar-refractivity contribution is 0.0945. The molecular formula is C20H18ClN5O2. The van der Waals surface area contributed by atoms with Gasteiger partial charge in [0.2, 0.25) is 0 Å². The zero-order valence-corrected chi connectivity index (χ0v) is 15.6. The van der Waals surface area contributed by atoms with Crippen LogP contribution >= 0.6 is 11.6 Å². The van der Waals surface area contributed by atoms with Crippen molar-refractivity contribution in [2.45, 2.75) is 13.0 Å². The van der Waals surface area contributed by atoms with Crippen molar-refractivity contribution in [3.63, 3.8) is 0 Å². The average Bonchev–Trinajstić information content (AvgIpc) is 3.33. The number of hydrogen-bond donors (Lipinski definition) is 3. The molecule has 0 saturated carbocycles. The molecule has 3 N–H and O–H groups in total. The third-order valence-electron chi connectivity index (χ3n) is 4.46. The SMILES string of the molecule is O=C(NCCc1c[nH]c2ccccc12)c1nn(-c2ccc(Cl)cc2)nc1CO. The molecular weight excluding hydrogens is 378 g/mol. The molecule has 2 aromatic carbocycles. The Morgan fingerprint density at radius 1 is 1.14 bits per heavy atom. The Balaban J connectivity index is 1.46. The fraction of sp³-hybridized carbons (Fsp3) is 0.150. The summed E-state index contributed by atoms with van der Waals surface area (Å²) in [6.07, 6.45) is 2.63. The van der Waals surface area contributed by atoms with Gasteiger partial charge in [-0.25, -0.2) is 0 Å². The van der Waals surface area contributed by atoms with Crippen molar-refractivity contribution in [2.75, 3.05) is 6.54 Å². The third kappa shape index (κ3) is 3.62. The van der Waals surface area contributed by atoms with Crippen molar-refractivity contribution in [3.8, 4) is 5.69 Å². The monoisotopic (exact) mass is 395 g/mol. The van der Waals surface area contributed by atoms with E-state index in [4.69, 9.17) is 11.6 Å². The summed E-state index contributed by atoms with van der Waals surface area (Å²) in [7, 11) is 0. The van der Waals surface area contributed by atoms with Gasteiger partial charge in [-0.05, 0) is 42.3 Å². The van der Waals surface area contributed by atoms with Gasteiger partial charge in [-0.3, -0.25) is 4.79 Å². The smallest absolute Gasteiger partial charge is 0.273 e. The molecule has 0 aliphatic rings. The number of H-pyrrole nitrogens is 1.